The maximum absolute atomic E-state index is 10.8. The summed E-state index contributed by atoms with van der Waals surface area (Å²) in [6, 6.07) is 1.22. The second-order valence-corrected chi connectivity index (χ2v) is 4.87. The van der Waals surface area contributed by atoms with Crippen molar-refractivity contribution in [2.24, 2.45) is 5.14 Å². The number of rotatable bonds is 1. The largest absolute Gasteiger partial charge is 0.255 e. The summed E-state index contributed by atoms with van der Waals surface area (Å²) in [5.41, 5.74) is 0. The number of halogens is 2. The van der Waals surface area contributed by atoms with E-state index >= 15 is 0 Å². The van der Waals surface area contributed by atoms with Gasteiger partial charge in [0, 0.05) is 6.07 Å². The first-order valence-corrected chi connectivity index (χ1v) is 5.76. The van der Waals surface area contributed by atoms with Gasteiger partial charge < -0.3 is 0 Å². The third kappa shape index (κ3) is 2.47. The Labute approximate surface area is 85.7 Å². The van der Waals surface area contributed by atoms with Crippen LogP contribution in [0.2, 0.25) is 0 Å². The minimum absolute atomic E-state index is 0.168. The molecule has 0 spiro atoms. The number of aromatic nitrogens is 2. The van der Waals surface area contributed by atoms with E-state index in [-0.39, 0.29) is 9.76 Å². The van der Waals surface area contributed by atoms with Gasteiger partial charge >= 0.3 is 0 Å². The van der Waals surface area contributed by atoms with E-state index in [1.54, 1.807) is 0 Å². The van der Waals surface area contributed by atoms with E-state index in [1.165, 1.54) is 6.07 Å². The summed E-state index contributed by atoms with van der Waals surface area (Å²) in [5.74, 6) is 0. The summed E-state index contributed by atoms with van der Waals surface area (Å²) in [5, 5.41) is 4.61. The summed E-state index contributed by atoms with van der Waals surface area (Å²) >= 11 is 5.94. The Hall–Kier alpha value is -0.0500. The molecule has 0 aromatic carbocycles. The molecule has 0 bridgehead atoms. The van der Waals surface area contributed by atoms with Gasteiger partial charge in [-0.05, 0) is 31.9 Å². The fourth-order valence-electron chi connectivity index (χ4n) is 0.516. The Morgan fingerprint density at radius 3 is 2.33 bits per heavy atom. The third-order valence-corrected chi connectivity index (χ3v) is 2.49. The van der Waals surface area contributed by atoms with E-state index < -0.39 is 10.0 Å². The van der Waals surface area contributed by atoms with Gasteiger partial charge in [-0.25, -0.2) is 23.5 Å². The highest BCUT2D eigenvalue weighted by Gasteiger charge is 2.11. The van der Waals surface area contributed by atoms with Crippen molar-refractivity contribution < 1.29 is 8.42 Å². The van der Waals surface area contributed by atoms with Gasteiger partial charge in [-0.3, -0.25) is 0 Å². The van der Waals surface area contributed by atoms with Gasteiger partial charge in [0.25, 0.3) is 10.0 Å². The zero-order valence-corrected chi connectivity index (χ0v) is 9.52. The second-order valence-electron chi connectivity index (χ2n) is 1.84. The number of hydrogen-bond donors (Lipinski definition) is 1. The van der Waals surface area contributed by atoms with Crippen LogP contribution < -0.4 is 5.14 Å². The molecule has 8 heteroatoms. The smallest absolute Gasteiger partial charge is 0.223 e. The predicted molar refractivity (Wildman–Crippen MR) is 48.8 cm³/mol. The van der Waals surface area contributed by atoms with Crippen LogP contribution in [-0.2, 0) is 10.0 Å². The minimum atomic E-state index is -3.76. The van der Waals surface area contributed by atoms with Crippen molar-refractivity contribution in [2.75, 3.05) is 0 Å². The van der Waals surface area contributed by atoms with Crippen molar-refractivity contribution in [3.63, 3.8) is 0 Å². The van der Waals surface area contributed by atoms with Crippen molar-refractivity contribution in [1.29, 1.82) is 0 Å². The monoisotopic (exact) mass is 315 g/mol. The molecule has 0 atom stereocenters. The van der Waals surface area contributed by atoms with E-state index in [2.05, 4.69) is 41.8 Å². The molecule has 0 aliphatic rings. The summed E-state index contributed by atoms with van der Waals surface area (Å²) in [6.45, 7) is 0. The van der Waals surface area contributed by atoms with Crippen LogP contribution in [-0.4, -0.2) is 18.4 Å². The minimum Gasteiger partial charge on any atom is -0.223 e. The summed E-state index contributed by atoms with van der Waals surface area (Å²) in [4.78, 5) is 7.32. The van der Waals surface area contributed by atoms with Crippen molar-refractivity contribution in [2.45, 2.75) is 5.03 Å². The standard InChI is InChI=1S/C4H3Br2N3O2S/c5-2-1-3(12(7,10)11)9-4(6)8-2/h1H,(H2,7,10,11). The number of primary sulfonamides is 1. The highest BCUT2D eigenvalue weighted by atomic mass is 79.9. The molecule has 1 rings (SSSR count). The molecule has 5 nitrogen and oxygen atoms in total. The molecular weight excluding hydrogens is 314 g/mol. The van der Waals surface area contributed by atoms with E-state index in [0.29, 0.717) is 4.60 Å². The highest BCUT2D eigenvalue weighted by molar-refractivity contribution is 9.11. The van der Waals surface area contributed by atoms with E-state index in [4.69, 9.17) is 5.14 Å². The van der Waals surface area contributed by atoms with Crippen molar-refractivity contribution in [3.8, 4) is 0 Å². The molecule has 0 aliphatic heterocycles. The summed E-state index contributed by atoms with van der Waals surface area (Å²) in [6.07, 6.45) is 0. The van der Waals surface area contributed by atoms with Crippen molar-refractivity contribution in [1.82, 2.24) is 9.97 Å². The first-order valence-electron chi connectivity index (χ1n) is 2.62. The van der Waals surface area contributed by atoms with Gasteiger partial charge in [-0.15, -0.1) is 0 Å². The lowest BCUT2D eigenvalue weighted by Gasteiger charge is -1.97. The van der Waals surface area contributed by atoms with Gasteiger partial charge in [0.05, 0.1) is 0 Å². The maximum Gasteiger partial charge on any atom is 0.255 e. The van der Waals surface area contributed by atoms with Crippen LogP contribution in [0.1, 0.15) is 0 Å². The Morgan fingerprint density at radius 2 is 1.92 bits per heavy atom. The lowest BCUT2D eigenvalue weighted by molar-refractivity contribution is 0.593. The Morgan fingerprint density at radius 1 is 1.33 bits per heavy atom. The van der Waals surface area contributed by atoms with Crippen LogP contribution in [0.3, 0.4) is 0 Å². The lowest BCUT2D eigenvalue weighted by atomic mass is 10.7. The van der Waals surface area contributed by atoms with Crippen molar-refractivity contribution in [3.05, 3.63) is 15.4 Å². The molecule has 0 fully saturated rings. The molecule has 0 radical (unpaired) electrons. The number of sulfonamides is 1. The molecular formula is C4H3Br2N3O2S. The fourth-order valence-corrected chi connectivity index (χ4v) is 2.28. The number of hydrogen-bond acceptors (Lipinski definition) is 4. The van der Waals surface area contributed by atoms with Crippen molar-refractivity contribution >= 4 is 41.9 Å². The molecule has 1 heterocycles. The topological polar surface area (TPSA) is 85.9 Å². The zero-order valence-electron chi connectivity index (χ0n) is 5.53. The molecule has 2 N–H and O–H groups in total. The quantitative estimate of drug-likeness (QED) is 0.609. The summed E-state index contributed by atoms with van der Waals surface area (Å²) < 4.78 is 22.1. The average Bonchev–Trinajstić information content (AvgIpc) is 1.82. The van der Waals surface area contributed by atoms with Gasteiger partial charge in [0.2, 0.25) is 0 Å². The van der Waals surface area contributed by atoms with Gasteiger partial charge in [0.1, 0.15) is 4.60 Å². The average molecular weight is 317 g/mol. The molecule has 66 valence electrons. The first kappa shape index (κ1) is 10.0. The van der Waals surface area contributed by atoms with Gasteiger partial charge in [-0.2, -0.15) is 0 Å². The molecule has 1 aromatic heterocycles. The van der Waals surface area contributed by atoms with E-state index in [1.807, 2.05) is 0 Å². The highest BCUT2D eigenvalue weighted by Crippen LogP contribution is 2.14. The van der Waals surface area contributed by atoms with Gasteiger partial charge in [0.15, 0.2) is 9.76 Å². The fraction of sp³-hybridized carbons (Fsp3) is 0. The van der Waals surface area contributed by atoms with Crippen LogP contribution >= 0.6 is 31.9 Å². The van der Waals surface area contributed by atoms with E-state index in [9.17, 15) is 8.42 Å². The SMILES string of the molecule is NS(=O)(=O)c1cc(Br)nc(Br)n1. The molecule has 0 saturated carbocycles. The molecule has 0 aliphatic carbocycles. The second kappa shape index (κ2) is 3.36. The molecule has 1 aromatic rings. The van der Waals surface area contributed by atoms with Crippen LogP contribution in [0, 0.1) is 0 Å². The number of nitrogens with two attached hydrogens (primary N) is 1. The number of nitrogens with zero attached hydrogens (tertiary/aromatic N) is 2. The van der Waals surface area contributed by atoms with Crippen LogP contribution in [0.4, 0.5) is 0 Å². The van der Waals surface area contributed by atoms with Crippen LogP contribution in [0.5, 0.6) is 0 Å². The lowest BCUT2D eigenvalue weighted by Crippen LogP contribution is -2.14. The molecule has 0 unspecified atom stereocenters. The normalized spacial score (nSPS) is 11.6. The Balaban J connectivity index is 3.37. The zero-order chi connectivity index (χ0) is 9.35. The predicted octanol–water partition coefficient (Wildman–Crippen LogP) is 0.649. The van der Waals surface area contributed by atoms with Crippen LogP contribution in [0.25, 0.3) is 0 Å². The molecule has 0 saturated heterocycles. The van der Waals surface area contributed by atoms with Crippen LogP contribution in [0.15, 0.2) is 20.4 Å². The Kier molecular flexibility index (Phi) is 2.81. The first-order chi connectivity index (χ1) is 5.39. The molecule has 0 amide bonds. The van der Waals surface area contributed by atoms with E-state index in [0.717, 1.165) is 0 Å². The Bertz CT molecular complexity index is 385. The third-order valence-electron chi connectivity index (χ3n) is 0.936. The maximum atomic E-state index is 10.8. The van der Waals surface area contributed by atoms with Gasteiger partial charge in [-0.1, -0.05) is 0 Å². The molecule has 12 heavy (non-hydrogen) atoms. The summed E-state index contributed by atoms with van der Waals surface area (Å²) in [7, 11) is -3.76.